The van der Waals surface area contributed by atoms with Gasteiger partial charge in [-0.3, -0.25) is 0 Å². The zero-order valence-corrected chi connectivity index (χ0v) is 12.6. The van der Waals surface area contributed by atoms with Crippen LogP contribution < -0.4 is 5.73 Å². The summed E-state index contributed by atoms with van der Waals surface area (Å²) in [6.45, 7) is 7.17. The Kier molecular flexibility index (Phi) is 4.76. The second-order valence-electron chi connectivity index (χ2n) is 5.85. The molecule has 1 aromatic heterocycles. The topological polar surface area (TPSA) is 43.8 Å². The van der Waals surface area contributed by atoms with Gasteiger partial charge in [-0.05, 0) is 57.4 Å². The molecule has 0 radical (unpaired) electrons. The number of benzene rings is 1. The first-order chi connectivity index (χ1) is 9.52. The van der Waals surface area contributed by atoms with Crippen molar-refractivity contribution in [3.63, 3.8) is 0 Å². The van der Waals surface area contributed by atoms with E-state index in [1.54, 1.807) is 12.1 Å². The van der Waals surface area contributed by atoms with Crippen LogP contribution in [0, 0.1) is 11.7 Å². The van der Waals surface area contributed by atoms with Crippen LogP contribution in [0.3, 0.4) is 0 Å². The summed E-state index contributed by atoms with van der Waals surface area (Å²) in [4.78, 5) is 4.67. The molecule has 4 heteroatoms. The highest BCUT2D eigenvalue weighted by atomic mass is 19.1. The second kappa shape index (κ2) is 6.35. The van der Waals surface area contributed by atoms with Crippen LogP contribution >= 0.6 is 0 Å². The van der Waals surface area contributed by atoms with Gasteiger partial charge in [0.15, 0.2) is 0 Å². The van der Waals surface area contributed by atoms with E-state index >= 15 is 0 Å². The summed E-state index contributed by atoms with van der Waals surface area (Å²) in [5.41, 5.74) is 7.36. The molecular formula is C16H24FN3. The number of fused-ring (bicyclic) bond motifs is 1. The zero-order chi connectivity index (χ0) is 14.7. The highest BCUT2D eigenvalue weighted by Gasteiger charge is 2.14. The van der Waals surface area contributed by atoms with Crippen molar-refractivity contribution in [1.82, 2.24) is 9.55 Å². The highest BCUT2D eigenvalue weighted by molar-refractivity contribution is 5.76. The lowest BCUT2D eigenvalue weighted by Crippen LogP contribution is -2.10. The van der Waals surface area contributed by atoms with Gasteiger partial charge in [0, 0.05) is 12.5 Å². The molecule has 0 aliphatic carbocycles. The van der Waals surface area contributed by atoms with Crippen LogP contribution in [0.1, 0.15) is 45.5 Å². The van der Waals surface area contributed by atoms with Gasteiger partial charge in [-0.1, -0.05) is 6.92 Å². The molecule has 0 saturated heterocycles. The van der Waals surface area contributed by atoms with Crippen LogP contribution in [0.15, 0.2) is 18.2 Å². The molecule has 110 valence electrons. The standard InChI is InChI=1S/C16H24FN3/c1-11(2)20-15-10-13(17)5-6-14(15)19-16(20)7-4-12(3)8-9-18/h5-6,10-12H,4,7-9,18H2,1-3H3. The number of hydrogen-bond donors (Lipinski definition) is 1. The monoisotopic (exact) mass is 277 g/mol. The molecule has 2 N–H and O–H groups in total. The van der Waals surface area contributed by atoms with Gasteiger partial charge in [-0.25, -0.2) is 9.37 Å². The van der Waals surface area contributed by atoms with Crippen molar-refractivity contribution in [1.29, 1.82) is 0 Å². The lowest BCUT2D eigenvalue weighted by atomic mass is 10.0. The molecule has 0 aliphatic rings. The van der Waals surface area contributed by atoms with Crippen LogP contribution in [0.2, 0.25) is 0 Å². The van der Waals surface area contributed by atoms with Gasteiger partial charge in [-0.2, -0.15) is 0 Å². The summed E-state index contributed by atoms with van der Waals surface area (Å²) in [5.74, 6) is 1.43. The van der Waals surface area contributed by atoms with Crippen LogP contribution in [0.25, 0.3) is 11.0 Å². The van der Waals surface area contributed by atoms with Gasteiger partial charge >= 0.3 is 0 Å². The van der Waals surface area contributed by atoms with Gasteiger partial charge in [0.25, 0.3) is 0 Å². The molecule has 0 spiro atoms. The van der Waals surface area contributed by atoms with E-state index in [0.717, 1.165) is 42.7 Å². The smallest absolute Gasteiger partial charge is 0.125 e. The quantitative estimate of drug-likeness (QED) is 0.875. The van der Waals surface area contributed by atoms with Crippen molar-refractivity contribution in [2.75, 3.05) is 6.54 Å². The maximum atomic E-state index is 13.4. The van der Waals surface area contributed by atoms with Crippen molar-refractivity contribution < 1.29 is 4.39 Å². The lowest BCUT2D eigenvalue weighted by Gasteiger charge is -2.14. The van der Waals surface area contributed by atoms with Gasteiger partial charge in [0.2, 0.25) is 0 Å². The van der Waals surface area contributed by atoms with Crippen molar-refractivity contribution in [3.05, 3.63) is 29.8 Å². The number of hydrogen-bond acceptors (Lipinski definition) is 2. The third kappa shape index (κ3) is 3.18. The summed E-state index contributed by atoms with van der Waals surface area (Å²) < 4.78 is 15.6. The maximum absolute atomic E-state index is 13.4. The number of halogens is 1. The van der Waals surface area contributed by atoms with Crippen LogP contribution in [-0.2, 0) is 6.42 Å². The van der Waals surface area contributed by atoms with Gasteiger partial charge in [0.1, 0.15) is 11.6 Å². The van der Waals surface area contributed by atoms with Gasteiger partial charge in [-0.15, -0.1) is 0 Å². The number of imidazole rings is 1. The summed E-state index contributed by atoms with van der Waals surface area (Å²) in [6.07, 6.45) is 3.02. The minimum atomic E-state index is -0.206. The Bertz CT molecular complexity index is 574. The Morgan fingerprint density at radius 1 is 1.25 bits per heavy atom. The number of nitrogens with two attached hydrogens (primary N) is 1. The van der Waals surface area contributed by atoms with E-state index in [1.807, 2.05) is 0 Å². The van der Waals surface area contributed by atoms with Crippen LogP contribution in [-0.4, -0.2) is 16.1 Å². The van der Waals surface area contributed by atoms with Crippen molar-refractivity contribution in [3.8, 4) is 0 Å². The summed E-state index contributed by atoms with van der Waals surface area (Å²) in [5, 5.41) is 0. The molecular weight excluding hydrogens is 253 g/mol. The number of aromatic nitrogens is 2. The van der Waals surface area contributed by atoms with Crippen LogP contribution in [0.5, 0.6) is 0 Å². The summed E-state index contributed by atoms with van der Waals surface area (Å²) >= 11 is 0. The fraction of sp³-hybridized carbons (Fsp3) is 0.562. The predicted octanol–water partition coefficient (Wildman–Crippen LogP) is 3.67. The van der Waals surface area contributed by atoms with Crippen LogP contribution in [0.4, 0.5) is 4.39 Å². The molecule has 1 atom stereocenters. The van der Waals surface area contributed by atoms with E-state index in [-0.39, 0.29) is 11.9 Å². The van der Waals surface area contributed by atoms with Crippen molar-refractivity contribution >= 4 is 11.0 Å². The van der Waals surface area contributed by atoms with E-state index in [1.165, 1.54) is 6.07 Å². The van der Waals surface area contributed by atoms with Gasteiger partial charge < -0.3 is 10.3 Å². The molecule has 0 amide bonds. The van der Waals surface area contributed by atoms with Crippen molar-refractivity contribution in [2.24, 2.45) is 11.7 Å². The van der Waals surface area contributed by atoms with E-state index < -0.39 is 0 Å². The molecule has 0 saturated carbocycles. The average Bonchev–Trinajstić information content (AvgIpc) is 2.74. The number of aryl methyl sites for hydroxylation is 1. The third-order valence-electron chi connectivity index (χ3n) is 3.76. The minimum absolute atomic E-state index is 0.206. The molecule has 0 fully saturated rings. The fourth-order valence-electron chi connectivity index (χ4n) is 2.67. The molecule has 2 aromatic rings. The molecule has 1 unspecified atom stereocenters. The Morgan fingerprint density at radius 3 is 2.65 bits per heavy atom. The Morgan fingerprint density at radius 2 is 2.00 bits per heavy atom. The largest absolute Gasteiger partial charge is 0.330 e. The molecule has 0 bridgehead atoms. The predicted molar refractivity (Wildman–Crippen MR) is 81.2 cm³/mol. The van der Waals surface area contributed by atoms with E-state index in [2.05, 4.69) is 30.3 Å². The molecule has 20 heavy (non-hydrogen) atoms. The van der Waals surface area contributed by atoms with E-state index in [9.17, 15) is 4.39 Å². The minimum Gasteiger partial charge on any atom is -0.330 e. The number of nitrogens with zero attached hydrogens (tertiary/aromatic N) is 2. The molecule has 2 rings (SSSR count). The summed E-state index contributed by atoms with van der Waals surface area (Å²) in [7, 11) is 0. The first-order valence-electron chi connectivity index (χ1n) is 7.39. The Hall–Kier alpha value is -1.42. The molecule has 1 heterocycles. The zero-order valence-electron chi connectivity index (χ0n) is 12.6. The normalized spacial score (nSPS) is 13.3. The molecule has 1 aromatic carbocycles. The fourth-order valence-corrected chi connectivity index (χ4v) is 2.67. The first kappa shape index (κ1) is 15.0. The SMILES string of the molecule is CC(CCN)CCc1nc2ccc(F)cc2n1C(C)C. The Labute approximate surface area is 120 Å². The first-order valence-corrected chi connectivity index (χ1v) is 7.39. The third-order valence-corrected chi connectivity index (χ3v) is 3.76. The highest BCUT2D eigenvalue weighted by Crippen LogP contribution is 2.24. The average molecular weight is 277 g/mol. The Balaban J connectivity index is 2.30. The maximum Gasteiger partial charge on any atom is 0.125 e. The van der Waals surface area contributed by atoms with E-state index in [4.69, 9.17) is 5.73 Å². The molecule has 3 nitrogen and oxygen atoms in total. The molecule has 0 aliphatic heterocycles. The van der Waals surface area contributed by atoms with Gasteiger partial charge in [0.05, 0.1) is 11.0 Å². The van der Waals surface area contributed by atoms with Crippen molar-refractivity contribution in [2.45, 2.75) is 46.1 Å². The summed E-state index contributed by atoms with van der Waals surface area (Å²) in [6, 6.07) is 5.09. The lowest BCUT2D eigenvalue weighted by molar-refractivity contribution is 0.479. The van der Waals surface area contributed by atoms with E-state index in [0.29, 0.717) is 5.92 Å². The second-order valence-corrected chi connectivity index (χ2v) is 5.85. The number of rotatable bonds is 6.